The van der Waals surface area contributed by atoms with Gasteiger partial charge in [-0.3, -0.25) is 4.79 Å². The Labute approximate surface area is 155 Å². The molecule has 1 amide bonds. The number of amides is 1. The van der Waals surface area contributed by atoms with Crippen molar-refractivity contribution in [2.75, 3.05) is 28.8 Å². The number of benzene rings is 1. The number of nitrogens with zero attached hydrogens (tertiary/aromatic N) is 2. The second-order valence-corrected chi connectivity index (χ2v) is 8.76. The molecule has 9 heteroatoms. The van der Waals surface area contributed by atoms with E-state index in [0.717, 1.165) is 6.07 Å². The number of sulfone groups is 1. The van der Waals surface area contributed by atoms with Crippen LogP contribution < -0.4 is 10.2 Å². The predicted octanol–water partition coefficient (Wildman–Crippen LogP) is 2.75. The Morgan fingerprint density at radius 3 is 2.69 bits per heavy atom. The highest BCUT2D eigenvalue weighted by molar-refractivity contribution is 7.91. The van der Waals surface area contributed by atoms with E-state index in [1.165, 1.54) is 18.3 Å². The Morgan fingerprint density at radius 1 is 1.35 bits per heavy atom. The zero-order chi connectivity index (χ0) is 18.9. The molecule has 1 aromatic heterocycles. The fraction of sp³-hybridized carbons (Fsp3) is 0.294. The molecule has 0 bridgehead atoms. The van der Waals surface area contributed by atoms with Crippen LogP contribution in [0.4, 0.5) is 15.9 Å². The molecule has 1 aliphatic heterocycles. The van der Waals surface area contributed by atoms with Crippen molar-refractivity contribution < 1.29 is 17.6 Å². The van der Waals surface area contributed by atoms with Crippen molar-refractivity contribution in [3.8, 4) is 0 Å². The van der Waals surface area contributed by atoms with Crippen molar-refractivity contribution in [2.45, 2.75) is 12.5 Å². The van der Waals surface area contributed by atoms with E-state index >= 15 is 0 Å². The first kappa shape index (κ1) is 18.6. The number of carbonyl (C=O) groups is 1. The summed E-state index contributed by atoms with van der Waals surface area (Å²) < 4.78 is 37.0. The Morgan fingerprint density at radius 2 is 2.12 bits per heavy atom. The maximum atomic E-state index is 13.8. The Hall–Kier alpha value is -2.19. The van der Waals surface area contributed by atoms with Gasteiger partial charge in [-0.25, -0.2) is 17.8 Å². The lowest BCUT2D eigenvalue weighted by Crippen LogP contribution is -2.33. The number of aromatic nitrogens is 1. The van der Waals surface area contributed by atoms with E-state index in [0.29, 0.717) is 17.9 Å². The highest BCUT2D eigenvalue weighted by Crippen LogP contribution is 2.23. The summed E-state index contributed by atoms with van der Waals surface area (Å²) >= 11 is 5.88. The van der Waals surface area contributed by atoms with Gasteiger partial charge < -0.3 is 10.2 Å². The van der Waals surface area contributed by atoms with Crippen LogP contribution in [0.5, 0.6) is 0 Å². The summed E-state index contributed by atoms with van der Waals surface area (Å²) in [6, 6.07) is 7.19. The molecule has 2 aromatic rings. The molecule has 1 saturated heterocycles. The van der Waals surface area contributed by atoms with Crippen LogP contribution in [0.2, 0.25) is 5.02 Å². The summed E-state index contributed by atoms with van der Waals surface area (Å²) in [5.74, 6) is -0.497. The van der Waals surface area contributed by atoms with Gasteiger partial charge in [-0.1, -0.05) is 17.7 Å². The van der Waals surface area contributed by atoms with E-state index in [2.05, 4.69) is 10.3 Å². The van der Waals surface area contributed by atoms with Gasteiger partial charge in [-0.15, -0.1) is 0 Å². The van der Waals surface area contributed by atoms with Crippen LogP contribution in [-0.4, -0.2) is 43.9 Å². The first-order valence-electron chi connectivity index (χ1n) is 7.91. The first-order valence-corrected chi connectivity index (χ1v) is 10.1. The van der Waals surface area contributed by atoms with Crippen molar-refractivity contribution in [3.63, 3.8) is 0 Å². The fourth-order valence-electron chi connectivity index (χ4n) is 2.84. The van der Waals surface area contributed by atoms with Crippen LogP contribution in [0.1, 0.15) is 16.8 Å². The molecule has 0 spiro atoms. The minimum atomic E-state index is -2.99. The third-order valence-electron chi connectivity index (χ3n) is 4.31. The normalized spacial score (nSPS) is 18.5. The summed E-state index contributed by atoms with van der Waals surface area (Å²) in [4.78, 5) is 18.3. The number of hydrogen-bond acceptors (Lipinski definition) is 5. The quantitative estimate of drug-likeness (QED) is 0.858. The van der Waals surface area contributed by atoms with Gasteiger partial charge in [0.15, 0.2) is 9.84 Å². The molecule has 0 saturated carbocycles. The first-order chi connectivity index (χ1) is 12.3. The van der Waals surface area contributed by atoms with E-state index < -0.39 is 21.6 Å². The van der Waals surface area contributed by atoms with Gasteiger partial charge in [-0.2, -0.15) is 0 Å². The third kappa shape index (κ3) is 3.96. The van der Waals surface area contributed by atoms with Gasteiger partial charge in [-0.05, 0) is 30.7 Å². The van der Waals surface area contributed by atoms with Gasteiger partial charge in [0.2, 0.25) is 0 Å². The number of anilines is 2. The monoisotopic (exact) mass is 397 g/mol. The molecule has 0 radical (unpaired) electrons. The van der Waals surface area contributed by atoms with Gasteiger partial charge in [0, 0.05) is 13.1 Å². The maximum absolute atomic E-state index is 13.8. The Balaban J connectivity index is 1.71. The van der Waals surface area contributed by atoms with E-state index in [-0.39, 0.29) is 28.1 Å². The largest absolute Gasteiger partial charge is 0.356 e. The summed E-state index contributed by atoms with van der Waals surface area (Å²) in [6.07, 6.45) is 1.99. The molecule has 2 heterocycles. The number of nitrogens with one attached hydrogen (secondary N) is 1. The van der Waals surface area contributed by atoms with Crippen molar-refractivity contribution >= 4 is 38.9 Å². The lowest BCUT2D eigenvalue weighted by Gasteiger charge is -2.24. The van der Waals surface area contributed by atoms with Crippen molar-refractivity contribution in [2.24, 2.45) is 0 Å². The molecular formula is C17H17ClFN3O3S. The van der Waals surface area contributed by atoms with Crippen LogP contribution >= 0.6 is 11.6 Å². The van der Waals surface area contributed by atoms with Crippen LogP contribution in [0.25, 0.3) is 0 Å². The topological polar surface area (TPSA) is 79.4 Å². The molecule has 1 N–H and O–H groups in total. The van der Waals surface area contributed by atoms with E-state index in [1.54, 1.807) is 19.2 Å². The number of rotatable bonds is 4. The lowest BCUT2D eigenvalue weighted by molar-refractivity contribution is 0.102. The van der Waals surface area contributed by atoms with Crippen LogP contribution in [0.15, 0.2) is 36.5 Å². The Bertz CT molecular complexity index is 915. The minimum absolute atomic E-state index is 0.0225. The number of hydrogen-bond donors (Lipinski definition) is 1. The van der Waals surface area contributed by atoms with Crippen molar-refractivity contribution in [1.82, 2.24) is 4.98 Å². The van der Waals surface area contributed by atoms with Crippen LogP contribution in [-0.2, 0) is 9.84 Å². The molecule has 1 fully saturated rings. The summed E-state index contributed by atoms with van der Waals surface area (Å²) in [7, 11) is -1.20. The average molecular weight is 398 g/mol. The second kappa shape index (κ2) is 7.20. The zero-order valence-corrected chi connectivity index (χ0v) is 15.5. The van der Waals surface area contributed by atoms with Crippen molar-refractivity contribution in [3.05, 3.63) is 52.9 Å². The van der Waals surface area contributed by atoms with Crippen LogP contribution in [0, 0.1) is 5.82 Å². The van der Waals surface area contributed by atoms with E-state index in [9.17, 15) is 17.6 Å². The zero-order valence-electron chi connectivity index (χ0n) is 13.9. The van der Waals surface area contributed by atoms with Gasteiger partial charge in [0.05, 0.1) is 34.0 Å². The van der Waals surface area contributed by atoms with Crippen LogP contribution in [0.3, 0.4) is 0 Å². The molecule has 1 aliphatic rings. The highest BCUT2D eigenvalue weighted by Gasteiger charge is 2.31. The number of halogens is 2. The summed E-state index contributed by atoms with van der Waals surface area (Å²) in [5.41, 5.74) is 0.150. The van der Waals surface area contributed by atoms with E-state index in [4.69, 9.17) is 11.6 Å². The SMILES string of the molecule is CN(c1ccc(NC(=O)c2c(F)cccc2Cl)cn1)C1CCS(=O)(=O)C1. The molecule has 3 rings (SSSR count). The predicted molar refractivity (Wildman–Crippen MR) is 99.1 cm³/mol. The summed E-state index contributed by atoms with van der Waals surface area (Å²) in [6.45, 7) is 0. The molecule has 6 nitrogen and oxygen atoms in total. The molecule has 26 heavy (non-hydrogen) atoms. The third-order valence-corrected chi connectivity index (χ3v) is 6.38. The lowest BCUT2D eigenvalue weighted by atomic mass is 10.2. The summed E-state index contributed by atoms with van der Waals surface area (Å²) in [5, 5.41) is 2.57. The van der Waals surface area contributed by atoms with Gasteiger partial charge in [0.1, 0.15) is 11.6 Å². The van der Waals surface area contributed by atoms with Gasteiger partial charge in [0.25, 0.3) is 5.91 Å². The second-order valence-electron chi connectivity index (χ2n) is 6.12. The molecular weight excluding hydrogens is 381 g/mol. The van der Waals surface area contributed by atoms with Gasteiger partial charge >= 0.3 is 0 Å². The molecule has 1 atom stereocenters. The molecule has 1 aromatic carbocycles. The fourth-order valence-corrected chi connectivity index (χ4v) is 4.87. The number of carbonyl (C=O) groups excluding carboxylic acids is 1. The molecule has 138 valence electrons. The highest BCUT2D eigenvalue weighted by atomic mass is 35.5. The minimum Gasteiger partial charge on any atom is -0.356 e. The smallest absolute Gasteiger partial charge is 0.260 e. The van der Waals surface area contributed by atoms with E-state index in [1.807, 2.05) is 4.90 Å². The number of pyridine rings is 1. The molecule has 1 unspecified atom stereocenters. The Kier molecular flexibility index (Phi) is 5.15. The van der Waals surface area contributed by atoms with Crippen molar-refractivity contribution in [1.29, 1.82) is 0 Å². The average Bonchev–Trinajstić information content (AvgIpc) is 2.95. The standard InChI is InChI=1S/C17H17ClFN3O3S/c1-22(12-7-8-26(24,25)10-12)15-6-5-11(9-20-15)21-17(23)16-13(18)3-2-4-14(16)19/h2-6,9,12H,7-8,10H2,1H3,(H,21,23). The maximum Gasteiger partial charge on any atom is 0.260 e. The molecule has 0 aliphatic carbocycles.